The fourth-order valence-electron chi connectivity index (χ4n) is 5.45. The highest BCUT2D eigenvalue weighted by Gasteiger charge is 2.40. The molecule has 1 aromatic carbocycles. The molecule has 0 unspecified atom stereocenters. The number of urea groups is 1. The number of hydrogen-bond donors (Lipinski definition) is 1. The first-order valence-corrected chi connectivity index (χ1v) is 11.8. The van der Waals surface area contributed by atoms with Gasteiger partial charge in [0.05, 0.1) is 6.04 Å². The fourth-order valence-corrected chi connectivity index (χ4v) is 5.45. The fraction of sp³-hybridized carbons (Fsp3) is 0.667. The molecule has 2 aliphatic heterocycles. The standard InChI is InChI=1S/C24H36N4O2/c1-19-9-7-8-14-28(19)23(29)22(20-10-5-6-11-20)26-15-17-27(18-16-26)24(30)25-21-12-3-2-4-13-21/h2-4,12-13,19-20,22H,5-11,14-18H2,1H3,(H,25,30)/t19-,22-/m1/s1. The SMILES string of the molecule is C[C@@H]1CCCCN1C(=O)[C@@H](C1CCCC1)N1CCN(C(=O)Nc2ccccc2)CC1. The molecule has 0 aromatic heterocycles. The van der Waals surface area contributed by atoms with Crippen molar-refractivity contribution in [3.05, 3.63) is 30.3 Å². The van der Waals surface area contributed by atoms with E-state index in [0.29, 0.717) is 31.0 Å². The van der Waals surface area contributed by atoms with Crippen LogP contribution in [0.5, 0.6) is 0 Å². The van der Waals surface area contributed by atoms with Crippen LogP contribution in [0.2, 0.25) is 0 Å². The molecule has 3 fully saturated rings. The van der Waals surface area contributed by atoms with Gasteiger partial charge in [-0.3, -0.25) is 9.69 Å². The van der Waals surface area contributed by atoms with Crippen molar-refractivity contribution in [3.63, 3.8) is 0 Å². The molecule has 2 saturated heterocycles. The van der Waals surface area contributed by atoms with Crippen LogP contribution < -0.4 is 5.32 Å². The molecule has 1 saturated carbocycles. The molecule has 2 heterocycles. The van der Waals surface area contributed by atoms with Crippen molar-refractivity contribution in [3.8, 4) is 0 Å². The van der Waals surface area contributed by atoms with Gasteiger partial charge in [0.1, 0.15) is 0 Å². The van der Waals surface area contributed by atoms with Gasteiger partial charge in [-0.05, 0) is 57.1 Å². The van der Waals surface area contributed by atoms with Crippen LogP contribution in [0.15, 0.2) is 30.3 Å². The third-order valence-corrected chi connectivity index (χ3v) is 7.21. The molecule has 1 N–H and O–H groups in total. The predicted molar refractivity (Wildman–Crippen MR) is 119 cm³/mol. The number of rotatable bonds is 4. The van der Waals surface area contributed by atoms with Crippen LogP contribution in [-0.2, 0) is 4.79 Å². The summed E-state index contributed by atoms with van der Waals surface area (Å²) >= 11 is 0. The van der Waals surface area contributed by atoms with Gasteiger partial charge in [-0.25, -0.2) is 4.79 Å². The third kappa shape index (κ3) is 4.80. The second-order valence-corrected chi connectivity index (χ2v) is 9.19. The summed E-state index contributed by atoms with van der Waals surface area (Å²) in [4.78, 5) is 32.7. The average molecular weight is 413 g/mol. The minimum absolute atomic E-state index is 0.00705. The van der Waals surface area contributed by atoms with Crippen LogP contribution in [0, 0.1) is 5.92 Å². The largest absolute Gasteiger partial charge is 0.339 e. The summed E-state index contributed by atoms with van der Waals surface area (Å²) in [5, 5.41) is 2.98. The Hall–Kier alpha value is -2.08. The Morgan fingerprint density at radius 1 is 0.900 bits per heavy atom. The quantitative estimate of drug-likeness (QED) is 0.818. The number of piperidine rings is 1. The van der Waals surface area contributed by atoms with Gasteiger partial charge in [0.25, 0.3) is 0 Å². The van der Waals surface area contributed by atoms with Crippen LogP contribution in [-0.4, -0.2) is 71.4 Å². The minimum atomic E-state index is -0.0470. The number of amides is 3. The Balaban J connectivity index is 1.39. The van der Waals surface area contributed by atoms with Crippen molar-refractivity contribution in [1.82, 2.24) is 14.7 Å². The zero-order valence-electron chi connectivity index (χ0n) is 18.3. The number of nitrogens with one attached hydrogen (secondary N) is 1. The molecular formula is C24H36N4O2. The third-order valence-electron chi connectivity index (χ3n) is 7.21. The number of carbonyl (C=O) groups excluding carboxylic acids is 2. The van der Waals surface area contributed by atoms with E-state index in [2.05, 4.69) is 22.0 Å². The molecule has 1 aromatic rings. The highest BCUT2D eigenvalue weighted by atomic mass is 16.2. The highest BCUT2D eigenvalue weighted by Crippen LogP contribution is 2.33. The summed E-state index contributed by atoms with van der Waals surface area (Å²) in [5.41, 5.74) is 0.822. The maximum absolute atomic E-state index is 13.6. The van der Waals surface area contributed by atoms with Crippen LogP contribution >= 0.6 is 0 Å². The van der Waals surface area contributed by atoms with Gasteiger partial charge in [-0.1, -0.05) is 31.0 Å². The van der Waals surface area contributed by atoms with Crippen molar-refractivity contribution in [2.45, 2.75) is 64.0 Å². The molecule has 0 radical (unpaired) electrons. The van der Waals surface area contributed by atoms with Crippen LogP contribution in [0.4, 0.5) is 10.5 Å². The van der Waals surface area contributed by atoms with Crippen molar-refractivity contribution >= 4 is 17.6 Å². The first-order valence-electron chi connectivity index (χ1n) is 11.8. The Labute approximate surface area is 180 Å². The molecule has 0 bridgehead atoms. The van der Waals surface area contributed by atoms with Gasteiger partial charge in [0.2, 0.25) is 5.91 Å². The lowest BCUT2D eigenvalue weighted by molar-refractivity contribution is -0.143. The topological polar surface area (TPSA) is 55.9 Å². The van der Waals surface area contributed by atoms with E-state index in [1.165, 1.54) is 19.3 Å². The molecule has 30 heavy (non-hydrogen) atoms. The van der Waals surface area contributed by atoms with Crippen LogP contribution in [0.25, 0.3) is 0 Å². The minimum Gasteiger partial charge on any atom is -0.339 e. The maximum Gasteiger partial charge on any atom is 0.321 e. The first-order chi connectivity index (χ1) is 14.6. The van der Waals surface area contributed by atoms with Crippen molar-refractivity contribution in [1.29, 1.82) is 0 Å². The molecule has 1 aliphatic carbocycles. The highest BCUT2D eigenvalue weighted by molar-refractivity contribution is 5.89. The molecular weight excluding hydrogens is 376 g/mol. The zero-order chi connectivity index (χ0) is 20.9. The van der Waals surface area contributed by atoms with Gasteiger partial charge in [0.15, 0.2) is 0 Å². The average Bonchev–Trinajstić information content (AvgIpc) is 3.29. The Kier molecular flexibility index (Phi) is 6.93. The van der Waals surface area contributed by atoms with E-state index >= 15 is 0 Å². The van der Waals surface area contributed by atoms with Gasteiger partial charge < -0.3 is 15.1 Å². The number of anilines is 1. The lowest BCUT2D eigenvalue weighted by atomic mass is 9.92. The summed E-state index contributed by atoms with van der Waals surface area (Å²) in [6.07, 6.45) is 8.28. The van der Waals surface area contributed by atoms with Crippen molar-refractivity contribution in [2.24, 2.45) is 5.92 Å². The van der Waals surface area contributed by atoms with E-state index < -0.39 is 0 Å². The number of para-hydroxylation sites is 1. The van der Waals surface area contributed by atoms with E-state index in [-0.39, 0.29) is 12.1 Å². The van der Waals surface area contributed by atoms with Gasteiger partial charge in [-0.15, -0.1) is 0 Å². The van der Waals surface area contributed by atoms with Crippen molar-refractivity contribution in [2.75, 3.05) is 38.0 Å². The lowest BCUT2D eigenvalue weighted by Crippen LogP contribution is -2.60. The number of carbonyl (C=O) groups is 2. The summed E-state index contributed by atoms with van der Waals surface area (Å²) in [6, 6.07) is 9.90. The van der Waals surface area contributed by atoms with E-state index in [1.54, 1.807) is 0 Å². The molecule has 2 atom stereocenters. The van der Waals surface area contributed by atoms with Gasteiger partial charge >= 0.3 is 6.03 Å². The Morgan fingerprint density at radius 3 is 2.23 bits per heavy atom. The number of benzene rings is 1. The summed E-state index contributed by atoms with van der Waals surface area (Å²) in [6.45, 7) is 6.00. The number of piperazine rings is 1. The van der Waals surface area contributed by atoms with Crippen molar-refractivity contribution < 1.29 is 9.59 Å². The van der Waals surface area contributed by atoms with E-state index in [9.17, 15) is 9.59 Å². The molecule has 4 rings (SSSR count). The normalized spacial score (nSPS) is 24.6. The second-order valence-electron chi connectivity index (χ2n) is 9.19. The molecule has 6 nitrogen and oxygen atoms in total. The number of likely N-dealkylation sites (tertiary alicyclic amines) is 1. The molecule has 6 heteroatoms. The van der Waals surface area contributed by atoms with Gasteiger partial charge in [-0.2, -0.15) is 0 Å². The van der Waals surface area contributed by atoms with Crippen LogP contribution in [0.1, 0.15) is 51.9 Å². The maximum atomic E-state index is 13.6. The number of nitrogens with zero attached hydrogens (tertiary/aromatic N) is 3. The van der Waals surface area contributed by atoms with E-state index in [4.69, 9.17) is 0 Å². The lowest BCUT2D eigenvalue weighted by Gasteiger charge is -2.44. The van der Waals surface area contributed by atoms with E-state index in [0.717, 1.165) is 51.0 Å². The molecule has 164 valence electrons. The molecule has 0 spiro atoms. The molecule has 3 aliphatic rings. The van der Waals surface area contributed by atoms with E-state index in [1.807, 2.05) is 35.2 Å². The predicted octanol–water partition coefficient (Wildman–Crippen LogP) is 3.80. The summed E-state index contributed by atoms with van der Waals surface area (Å²) in [7, 11) is 0. The van der Waals surface area contributed by atoms with Crippen LogP contribution in [0.3, 0.4) is 0 Å². The summed E-state index contributed by atoms with van der Waals surface area (Å²) < 4.78 is 0. The Morgan fingerprint density at radius 2 is 1.57 bits per heavy atom. The monoisotopic (exact) mass is 412 g/mol. The number of hydrogen-bond acceptors (Lipinski definition) is 3. The summed E-state index contributed by atoms with van der Waals surface area (Å²) in [5.74, 6) is 0.813. The zero-order valence-corrected chi connectivity index (χ0v) is 18.3. The van der Waals surface area contributed by atoms with Gasteiger partial charge in [0, 0.05) is 44.5 Å². The Bertz CT molecular complexity index is 711. The first kappa shape index (κ1) is 21.2. The smallest absolute Gasteiger partial charge is 0.321 e. The second kappa shape index (κ2) is 9.82. The molecule has 3 amide bonds.